The van der Waals surface area contributed by atoms with E-state index in [9.17, 15) is 19.1 Å². The van der Waals surface area contributed by atoms with E-state index in [4.69, 9.17) is 38.8 Å². The number of nitrogens with zero attached hydrogens (tertiary/aromatic N) is 5. The Morgan fingerprint density at radius 2 is 1.77 bits per heavy atom. The number of hydrogen-bond acceptors (Lipinski definition) is 10. The van der Waals surface area contributed by atoms with E-state index < -0.39 is 23.1 Å². The Hall–Kier alpha value is -4.23. The Bertz CT molecular complexity index is 1560. The quantitative estimate of drug-likeness (QED) is 0.225. The summed E-state index contributed by atoms with van der Waals surface area (Å²) in [5.74, 6) is -1.43. The normalized spacial score (nSPS) is 16.8. The van der Waals surface area contributed by atoms with Gasteiger partial charge in [-0.3, -0.25) is 0 Å². The zero-order valence-corrected chi connectivity index (χ0v) is 26.5. The predicted octanol–water partition coefficient (Wildman–Crippen LogP) is 5.64. The van der Waals surface area contributed by atoms with Crippen LogP contribution in [0.3, 0.4) is 0 Å². The number of ether oxygens (including phenoxy) is 1. The number of anilines is 3. The van der Waals surface area contributed by atoms with Crippen LogP contribution in [0.15, 0.2) is 41.5 Å². The molecule has 12 nitrogen and oxygen atoms in total. The number of hydrazone groups is 1. The van der Waals surface area contributed by atoms with Crippen LogP contribution in [0.5, 0.6) is 5.75 Å². The first-order chi connectivity index (χ1) is 20.4. The summed E-state index contributed by atoms with van der Waals surface area (Å²) < 4.78 is 19.8. The van der Waals surface area contributed by atoms with Crippen molar-refractivity contribution in [1.82, 2.24) is 15.0 Å². The smallest absolute Gasteiger partial charge is 0.352 e. The Balaban J connectivity index is 0.000000244. The van der Waals surface area contributed by atoms with Gasteiger partial charge >= 0.3 is 11.9 Å². The van der Waals surface area contributed by atoms with Crippen LogP contribution in [0.4, 0.5) is 22.0 Å². The third-order valence-corrected chi connectivity index (χ3v) is 6.84. The zero-order valence-electron chi connectivity index (χ0n) is 25.0. The average Bonchev–Trinajstić information content (AvgIpc) is 3.25. The first-order valence-electron chi connectivity index (χ1n) is 13.4. The molecule has 0 radical (unpaired) electrons. The van der Waals surface area contributed by atoms with Crippen LogP contribution in [0.2, 0.25) is 10.0 Å². The Morgan fingerprint density at radius 3 is 2.32 bits per heavy atom. The van der Waals surface area contributed by atoms with Crippen molar-refractivity contribution >= 4 is 58.4 Å². The van der Waals surface area contributed by atoms with E-state index in [1.165, 1.54) is 39.0 Å². The largest absolute Gasteiger partial charge is 0.491 e. The van der Waals surface area contributed by atoms with Crippen molar-refractivity contribution in [3.63, 3.8) is 0 Å². The third-order valence-electron chi connectivity index (χ3n) is 6.30. The molecule has 2 atom stereocenters. The van der Waals surface area contributed by atoms with Crippen LogP contribution in [0, 0.1) is 13.8 Å². The maximum absolute atomic E-state index is 14.0. The second-order valence-electron chi connectivity index (χ2n) is 11.0. The molecular weight excluding hydrogens is 616 g/mol. The van der Waals surface area contributed by atoms with Gasteiger partial charge in [0.15, 0.2) is 17.0 Å². The Kier molecular flexibility index (Phi) is 10.6. The monoisotopic (exact) mass is 649 g/mol. The van der Waals surface area contributed by atoms with Crippen LogP contribution in [-0.4, -0.2) is 61.0 Å². The molecule has 1 aromatic heterocycles. The number of carbonyl (C=O) groups is 2. The SMILES string of the molecule is CC1(C(=O)O)CC(C(=O)O)=NN1c1ccc(Cl)cc1Cl.Cc1cc(C)cc(OCC(C)Nc2nc(N)nc(C(C)(C)F)n2)c1. The molecule has 2 unspecified atom stereocenters. The fourth-order valence-electron chi connectivity index (χ4n) is 4.15. The number of aryl methyl sites for hydroxylation is 2. The highest BCUT2D eigenvalue weighted by Crippen LogP contribution is 2.38. The molecule has 1 aliphatic rings. The molecule has 0 spiro atoms. The summed E-state index contributed by atoms with van der Waals surface area (Å²) in [7, 11) is 0. The lowest BCUT2D eigenvalue weighted by molar-refractivity contribution is -0.142. The highest BCUT2D eigenvalue weighted by atomic mass is 35.5. The van der Waals surface area contributed by atoms with Gasteiger partial charge in [0, 0.05) is 11.4 Å². The molecule has 4 rings (SSSR count). The van der Waals surface area contributed by atoms with Crippen LogP contribution < -0.4 is 20.8 Å². The summed E-state index contributed by atoms with van der Waals surface area (Å²) in [6.07, 6.45) is -0.226. The van der Waals surface area contributed by atoms with Crippen molar-refractivity contribution in [3.8, 4) is 5.75 Å². The number of aliphatic carboxylic acids is 2. The first kappa shape index (κ1) is 34.3. The lowest BCUT2D eigenvalue weighted by Gasteiger charge is -2.30. The molecule has 2 heterocycles. The predicted molar refractivity (Wildman–Crippen MR) is 168 cm³/mol. The van der Waals surface area contributed by atoms with E-state index in [-0.39, 0.29) is 46.6 Å². The summed E-state index contributed by atoms with van der Waals surface area (Å²) in [4.78, 5) is 34.4. The lowest BCUT2D eigenvalue weighted by atomic mass is 9.95. The van der Waals surface area contributed by atoms with E-state index in [1.54, 1.807) is 0 Å². The van der Waals surface area contributed by atoms with Gasteiger partial charge in [-0.2, -0.15) is 20.1 Å². The van der Waals surface area contributed by atoms with Crippen molar-refractivity contribution < 1.29 is 28.9 Å². The lowest BCUT2D eigenvalue weighted by Crippen LogP contribution is -2.47. The molecule has 0 amide bonds. The Labute approximate surface area is 264 Å². The van der Waals surface area contributed by atoms with Gasteiger partial charge in [-0.1, -0.05) is 29.3 Å². The van der Waals surface area contributed by atoms with E-state index in [1.807, 2.05) is 32.9 Å². The molecule has 1 aliphatic heterocycles. The number of nitrogens with one attached hydrogen (secondary N) is 1. The van der Waals surface area contributed by atoms with Crippen LogP contribution in [0.1, 0.15) is 51.1 Å². The molecular formula is C29H34Cl2FN7O5. The molecule has 2 aromatic carbocycles. The van der Waals surface area contributed by atoms with Gasteiger partial charge in [0.25, 0.3) is 0 Å². The van der Waals surface area contributed by atoms with Gasteiger partial charge in [0.05, 0.1) is 16.8 Å². The first-order valence-corrected chi connectivity index (χ1v) is 14.1. The van der Waals surface area contributed by atoms with Gasteiger partial charge in [-0.25, -0.2) is 19.0 Å². The number of alkyl halides is 1. The van der Waals surface area contributed by atoms with Crippen molar-refractivity contribution in [2.45, 2.75) is 65.2 Å². The van der Waals surface area contributed by atoms with Crippen molar-refractivity contribution in [2.24, 2.45) is 5.10 Å². The third kappa shape index (κ3) is 8.66. The summed E-state index contributed by atoms with van der Waals surface area (Å²) >= 11 is 11.8. The van der Waals surface area contributed by atoms with Crippen molar-refractivity contribution in [1.29, 1.82) is 0 Å². The van der Waals surface area contributed by atoms with E-state index in [0.29, 0.717) is 11.6 Å². The number of halogens is 3. The molecule has 3 aromatic rings. The molecule has 0 fully saturated rings. The molecule has 0 saturated heterocycles. The fourth-order valence-corrected chi connectivity index (χ4v) is 4.64. The second kappa shape index (κ2) is 13.6. The topological polar surface area (TPSA) is 176 Å². The van der Waals surface area contributed by atoms with E-state index in [0.717, 1.165) is 21.9 Å². The number of hydrogen-bond donors (Lipinski definition) is 4. The molecule has 236 valence electrons. The van der Waals surface area contributed by atoms with Crippen molar-refractivity contribution in [3.05, 3.63) is 63.4 Å². The number of rotatable bonds is 9. The highest BCUT2D eigenvalue weighted by Gasteiger charge is 2.48. The summed E-state index contributed by atoms with van der Waals surface area (Å²) in [5.41, 5.74) is 4.78. The maximum atomic E-state index is 14.0. The summed E-state index contributed by atoms with van der Waals surface area (Å²) in [6, 6.07) is 10.4. The van der Waals surface area contributed by atoms with Gasteiger partial charge in [-0.05, 0) is 83.0 Å². The molecule has 0 saturated carbocycles. The van der Waals surface area contributed by atoms with E-state index >= 15 is 0 Å². The minimum absolute atomic E-state index is 0.0000673. The number of aromatic nitrogens is 3. The fraction of sp³-hybridized carbons (Fsp3) is 0.379. The highest BCUT2D eigenvalue weighted by molar-refractivity contribution is 6.38. The minimum atomic E-state index is -1.69. The summed E-state index contributed by atoms with van der Waals surface area (Å²) in [5, 5.41) is 27.0. The number of nitrogen functional groups attached to an aromatic ring is 1. The van der Waals surface area contributed by atoms with Gasteiger partial charge in [0.1, 0.15) is 18.1 Å². The molecule has 0 bridgehead atoms. The molecule has 0 aliphatic carbocycles. The number of carboxylic acid groups (broad SMARTS) is 2. The minimum Gasteiger partial charge on any atom is -0.491 e. The van der Waals surface area contributed by atoms with Crippen LogP contribution in [0.25, 0.3) is 0 Å². The van der Waals surface area contributed by atoms with Gasteiger partial charge < -0.3 is 26.0 Å². The van der Waals surface area contributed by atoms with E-state index in [2.05, 4.69) is 31.4 Å². The molecule has 5 N–H and O–H groups in total. The molecule has 15 heteroatoms. The Morgan fingerprint density at radius 1 is 1.14 bits per heavy atom. The van der Waals surface area contributed by atoms with Crippen LogP contribution in [-0.2, 0) is 15.3 Å². The number of benzene rings is 2. The molecule has 44 heavy (non-hydrogen) atoms. The average molecular weight is 651 g/mol. The van der Waals surface area contributed by atoms with Crippen LogP contribution >= 0.6 is 23.2 Å². The van der Waals surface area contributed by atoms with Crippen molar-refractivity contribution in [2.75, 3.05) is 22.7 Å². The maximum Gasteiger partial charge on any atom is 0.352 e. The number of carboxylic acids is 2. The zero-order chi connectivity index (χ0) is 33.0. The summed E-state index contributed by atoms with van der Waals surface area (Å²) in [6.45, 7) is 10.5. The number of nitrogens with two attached hydrogens (primary N) is 1. The van der Waals surface area contributed by atoms with Gasteiger partial charge in [0.2, 0.25) is 11.9 Å². The standard InChI is InChI=1S/C17H24FN5O.C12H10Cl2N2O4/c1-10-6-11(2)8-13(7-10)24-9-12(3)20-16-22-14(17(4,5)18)21-15(19)23-16;1-12(11(19)20)5-8(10(17)18)15-16(12)9-3-2-6(13)4-7(9)14/h6-8,12H,9H2,1-5H3,(H3,19,20,21,22,23);2-4H,5H2,1H3,(H,17,18)(H,19,20). The second-order valence-corrected chi connectivity index (χ2v) is 11.9. The van der Waals surface area contributed by atoms with Gasteiger partial charge in [-0.15, -0.1) is 0 Å².